The van der Waals surface area contributed by atoms with Crippen molar-refractivity contribution in [1.29, 1.82) is 0 Å². The molecule has 1 unspecified atom stereocenters. The molecule has 3 rings (SSSR count). The third-order valence-corrected chi connectivity index (χ3v) is 5.87. The molecule has 1 radical (unpaired) electrons. The molecule has 135 valence electrons. The minimum atomic E-state index is -0.922. The van der Waals surface area contributed by atoms with Gasteiger partial charge in [0.25, 0.3) is 0 Å². The van der Waals surface area contributed by atoms with Gasteiger partial charge in [0.15, 0.2) is 6.29 Å². The van der Waals surface area contributed by atoms with Crippen molar-refractivity contribution in [3.8, 4) is 0 Å². The Kier molecular flexibility index (Phi) is 6.68. The smallest absolute Gasteiger partial charge is 0.206 e. The third-order valence-electron chi connectivity index (χ3n) is 3.78. The van der Waals surface area contributed by atoms with Crippen molar-refractivity contribution >= 4 is 32.0 Å². The second kappa shape index (κ2) is 8.77. The van der Waals surface area contributed by atoms with Crippen LogP contribution in [0.1, 0.15) is 33.3 Å². The van der Waals surface area contributed by atoms with Crippen LogP contribution in [-0.2, 0) is 25.2 Å². The Balaban J connectivity index is 2.01. The van der Waals surface area contributed by atoms with Crippen molar-refractivity contribution in [3.63, 3.8) is 0 Å². The Morgan fingerprint density at radius 2 is 2.04 bits per heavy atom. The average molecular weight is 398 g/mol. The maximum atomic E-state index is 6.35. The van der Waals surface area contributed by atoms with Gasteiger partial charge in [-0.15, -0.1) is 11.3 Å². The molecule has 4 nitrogen and oxygen atoms in total. The molecule has 1 aliphatic rings. The van der Waals surface area contributed by atoms with Gasteiger partial charge in [-0.25, -0.2) is 0 Å². The number of ether oxygens (including phenoxy) is 3. The van der Waals surface area contributed by atoms with E-state index in [-0.39, 0.29) is 12.4 Å². The maximum absolute atomic E-state index is 6.35. The van der Waals surface area contributed by atoms with Gasteiger partial charge in [-0.05, 0) is 36.9 Å². The largest absolute Gasteiger partial charge is 0.406 e. The lowest BCUT2D eigenvalue weighted by molar-refractivity contribution is -0.0413. The third kappa shape index (κ3) is 4.71. The summed E-state index contributed by atoms with van der Waals surface area (Å²) in [5, 5.41) is 0.707. The van der Waals surface area contributed by atoms with E-state index in [0.717, 1.165) is 20.9 Å². The summed E-state index contributed by atoms with van der Waals surface area (Å²) in [5.41, 5.74) is 2.16. The first kappa shape index (κ1) is 19.0. The Bertz CT molecular complexity index is 700. The van der Waals surface area contributed by atoms with E-state index in [2.05, 4.69) is 25.2 Å². The molecule has 2 heterocycles. The molecule has 1 aliphatic heterocycles. The molecule has 0 bridgehead atoms. The van der Waals surface area contributed by atoms with Crippen molar-refractivity contribution in [2.45, 2.75) is 32.1 Å². The van der Waals surface area contributed by atoms with Gasteiger partial charge in [0.1, 0.15) is 0 Å². The van der Waals surface area contributed by atoms with E-state index in [9.17, 15) is 0 Å². The number of thiophene rings is 1. The van der Waals surface area contributed by atoms with E-state index < -0.39 is 9.04 Å². The van der Waals surface area contributed by atoms with Crippen LogP contribution >= 0.6 is 22.9 Å². The van der Waals surface area contributed by atoms with E-state index in [4.69, 9.17) is 30.2 Å². The van der Waals surface area contributed by atoms with E-state index in [1.54, 1.807) is 18.4 Å². The Morgan fingerprint density at radius 1 is 1.28 bits per heavy atom. The van der Waals surface area contributed by atoms with Crippen LogP contribution in [0.15, 0.2) is 30.3 Å². The van der Waals surface area contributed by atoms with Crippen molar-refractivity contribution in [1.82, 2.24) is 0 Å². The zero-order valence-corrected chi connectivity index (χ0v) is 17.2. The van der Waals surface area contributed by atoms with E-state index >= 15 is 0 Å². The summed E-state index contributed by atoms with van der Waals surface area (Å²) < 4.78 is 23.1. The zero-order chi connectivity index (χ0) is 17.8. The van der Waals surface area contributed by atoms with Crippen molar-refractivity contribution in [3.05, 3.63) is 56.2 Å². The molecule has 0 spiro atoms. The van der Waals surface area contributed by atoms with E-state index in [1.807, 2.05) is 18.2 Å². The van der Waals surface area contributed by atoms with Crippen LogP contribution in [0, 0.1) is 0 Å². The predicted molar refractivity (Wildman–Crippen MR) is 102 cm³/mol. The fraction of sp³-hybridized carbons (Fsp3) is 0.444. The Labute approximate surface area is 159 Å². The molecule has 1 aromatic heterocycles. The summed E-state index contributed by atoms with van der Waals surface area (Å²) in [6.07, 6.45) is -0.457. The molecule has 1 aromatic carbocycles. The zero-order valence-electron chi connectivity index (χ0n) is 14.6. The molecule has 1 atom stereocenters. The van der Waals surface area contributed by atoms with Crippen LogP contribution in [0.3, 0.4) is 0 Å². The Morgan fingerprint density at radius 3 is 2.68 bits per heavy atom. The van der Waals surface area contributed by atoms with Gasteiger partial charge in [-0.2, -0.15) is 0 Å². The lowest BCUT2D eigenvalue weighted by Gasteiger charge is -2.21. The molecule has 1 fully saturated rings. The van der Waals surface area contributed by atoms with E-state index in [0.29, 0.717) is 24.8 Å². The summed E-state index contributed by atoms with van der Waals surface area (Å²) in [7, 11) is 0.782. The predicted octanol–water partition coefficient (Wildman–Crippen LogP) is 4.95. The molecule has 0 N–H and O–H groups in total. The van der Waals surface area contributed by atoms with Gasteiger partial charge in [-0.3, -0.25) is 0 Å². The highest BCUT2D eigenvalue weighted by Gasteiger charge is 2.27. The van der Waals surface area contributed by atoms with Crippen LogP contribution in [0.5, 0.6) is 0 Å². The van der Waals surface area contributed by atoms with Gasteiger partial charge < -0.3 is 18.6 Å². The second-order valence-corrected chi connectivity index (χ2v) is 9.65. The molecule has 25 heavy (non-hydrogen) atoms. The summed E-state index contributed by atoms with van der Waals surface area (Å²) >= 11 is 7.87. The molecular weight excluding hydrogens is 376 g/mol. The van der Waals surface area contributed by atoms with Gasteiger partial charge in [0.05, 0.1) is 30.8 Å². The first-order valence-corrected chi connectivity index (χ1v) is 11.8. The summed E-state index contributed by atoms with van der Waals surface area (Å²) in [6, 6.07) is 9.98. The van der Waals surface area contributed by atoms with E-state index in [1.165, 1.54) is 0 Å². The van der Waals surface area contributed by atoms with Crippen LogP contribution in [0.2, 0.25) is 18.1 Å². The van der Waals surface area contributed by atoms with Crippen LogP contribution < -0.4 is 0 Å². The molecule has 1 saturated heterocycles. The van der Waals surface area contributed by atoms with Gasteiger partial charge in [0.2, 0.25) is 9.04 Å². The molecule has 0 amide bonds. The molecule has 0 aliphatic carbocycles. The molecular formula is C18H22ClO4SSi. The molecule has 7 heteroatoms. The Hall–Kier alpha value is -0.733. The topological polar surface area (TPSA) is 36.9 Å². The average Bonchev–Trinajstić information content (AvgIpc) is 3.22. The van der Waals surface area contributed by atoms with Crippen LogP contribution in [0.4, 0.5) is 0 Å². The number of methoxy groups -OCH3 is 1. The number of halogens is 1. The van der Waals surface area contributed by atoms with Crippen molar-refractivity contribution in [2.24, 2.45) is 0 Å². The second-order valence-electron chi connectivity index (χ2n) is 5.99. The quantitative estimate of drug-likeness (QED) is 0.619. The van der Waals surface area contributed by atoms with Crippen molar-refractivity contribution < 1.29 is 18.6 Å². The first-order chi connectivity index (χ1) is 12.1. The van der Waals surface area contributed by atoms with Gasteiger partial charge in [-0.1, -0.05) is 23.7 Å². The van der Waals surface area contributed by atoms with Gasteiger partial charge in [0, 0.05) is 22.6 Å². The lowest BCUT2D eigenvalue weighted by atomic mass is 10.0. The summed E-state index contributed by atoms with van der Waals surface area (Å²) in [6.45, 7) is 6.05. The molecule has 0 saturated carbocycles. The number of benzene rings is 1. The highest BCUT2D eigenvalue weighted by Crippen LogP contribution is 2.39. The minimum Gasteiger partial charge on any atom is -0.406 e. The highest BCUT2D eigenvalue weighted by atomic mass is 35.5. The lowest BCUT2D eigenvalue weighted by Crippen LogP contribution is -2.16. The number of rotatable bonds is 7. The summed E-state index contributed by atoms with van der Waals surface area (Å²) in [5.74, 6) is 0. The highest BCUT2D eigenvalue weighted by molar-refractivity contribution is 7.12. The maximum Gasteiger partial charge on any atom is 0.206 e. The standard InChI is InChI=1S/C18H22ClO4SSi/c1-20-11-16-14(10-15(24-16)18-21-7-8-22-18)17(23-25(2)3)12-5-4-6-13(19)9-12/h4-6,9-10,17-18H,7-8,11H2,1-3H3. The number of hydrogen-bond acceptors (Lipinski definition) is 5. The van der Waals surface area contributed by atoms with Crippen molar-refractivity contribution in [2.75, 3.05) is 20.3 Å². The summed E-state index contributed by atoms with van der Waals surface area (Å²) in [4.78, 5) is 2.18. The van der Waals surface area contributed by atoms with Crippen LogP contribution in [0.25, 0.3) is 0 Å². The normalized spacial score (nSPS) is 16.7. The first-order valence-electron chi connectivity index (χ1n) is 8.15. The minimum absolute atomic E-state index is 0.167. The number of hydrogen-bond donors (Lipinski definition) is 0. The fourth-order valence-electron chi connectivity index (χ4n) is 2.79. The fourth-order valence-corrected chi connectivity index (χ4v) is 4.88. The van der Waals surface area contributed by atoms with Crippen LogP contribution in [-0.4, -0.2) is 29.4 Å². The SMILES string of the molecule is COCc1sc(C2OCCO2)cc1C(O[Si](C)C)c1cccc(Cl)c1. The molecule has 2 aromatic rings. The monoisotopic (exact) mass is 397 g/mol. The van der Waals surface area contributed by atoms with Gasteiger partial charge >= 0.3 is 0 Å².